The van der Waals surface area contributed by atoms with E-state index in [0.717, 1.165) is 25.5 Å². The summed E-state index contributed by atoms with van der Waals surface area (Å²) in [7, 11) is 0. The Morgan fingerprint density at radius 1 is 1.35 bits per heavy atom. The van der Waals surface area contributed by atoms with Crippen molar-refractivity contribution >= 4 is 6.29 Å². The van der Waals surface area contributed by atoms with E-state index in [1.54, 1.807) is 0 Å². The molecule has 0 saturated carbocycles. The predicted molar refractivity (Wildman–Crippen MR) is 67.5 cm³/mol. The molecule has 0 amide bonds. The zero-order valence-electron chi connectivity index (χ0n) is 11.6. The van der Waals surface area contributed by atoms with Crippen LogP contribution in [0.15, 0.2) is 0 Å². The molecule has 0 bridgehead atoms. The van der Waals surface area contributed by atoms with Gasteiger partial charge >= 0.3 is 0 Å². The second-order valence-electron chi connectivity index (χ2n) is 5.49. The first-order valence-electron chi connectivity index (χ1n) is 6.88. The molecular formula is C14H26O3. The predicted octanol–water partition coefficient (Wildman–Crippen LogP) is 3.52. The highest BCUT2D eigenvalue weighted by Crippen LogP contribution is 2.37. The molecule has 1 rings (SSSR count). The maximum atomic E-state index is 10.9. The quantitative estimate of drug-likeness (QED) is 0.528. The van der Waals surface area contributed by atoms with E-state index in [-0.39, 0.29) is 11.7 Å². The van der Waals surface area contributed by atoms with Gasteiger partial charge in [-0.1, -0.05) is 40.0 Å². The molecule has 1 aliphatic rings. The topological polar surface area (TPSA) is 35.5 Å². The Labute approximate surface area is 105 Å². The zero-order chi connectivity index (χ0) is 12.9. The molecule has 1 heterocycles. The summed E-state index contributed by atoms with van der Waals surface area (Å²) in [6.45, 7) is 8.64. The van der Waals surface area contributed by atoms with Crippen molar-refractivity contribution in [3.05, 3.63) is 0 Å². The summed E-state index contributed by atoms with van der Waals surface area (Å²) >= 11 is 0. The van der Waals surface area contributed by atoms with Gasteiger partial charge in [0.05, 0.1) is 0 Å². The Balaban J connectivity index is 2.62. The summed E-state index contributed by atoms with van der Waals surface area (Å²) in [4.78, 5) is 21.6. The molecule has 0 aliphatic carbocycles. The Morgan fingerprint density at radius 2 is 2.00 bits per heavy atom. The first-order chi connectivity index (χ1) is 8.08. The summed E-state index contributed by atoms with van der Waals surface area (Å²) in [5, 5.41) is 0. The van der Waals surface area contributed by atoms with Gasteiger partial charge in [0.25, 0.3) is 0 Å². The summed E-state index contributed by atoms with van der Waals surface area (Å²) in [6, 6.07) is 0. The van der Waals surface area contributed by atoms with Crippen molar-refractivity contribution in [1.29, 1.82) is 0 Å². The van der Waals surface area contributed by atoms with Crippen molar-refractivity contribution in [3.8, 4) is 0 Å². The molecule has 0 aromatic rings. The van der Waals surface area contributed by atoms with Crippen LogP contribution in [0.5, 0.6) is 0 Å². The van der Waals surface area contributed by atoms with Gasteiger partial charge in [0.2, 0.25) is 0 Å². The monoisotopic (exact) mass is 242 g/mol. The van der Waals surface area contributed by atoms with Crippen molar-refractivity contribution in [2.45, 2.75) is 71.5 Å². The summed E-state index contributed by atoms with van der Waals surface area (Å²) in [5.74, 6) is 0.967. The smallest absolute Gasteiger partial charge is 0.152 e. The van der Waals surface area contributed by atoms with Gasteiger partial charge in [0, 0.05) is 0 Å². The molecule has 3 heteroatoms. The largest absolute Gasteiger partial charge is 0.300 e. The first-order valence-corrected chi connectivity index (χ1v) is 6.88. The molecule has 0 N–H and O–H groups in total. The average Bonchev–Trinajstić information content (AvgIpc) is 2.35. The Morgan fingerprint density at radius 3 is 2.47 bits per heavy atom. The second-order valence-corrected chi connectivity index (χ2v) is 5.49. The average molecular weight is 242 g/mol. The fraction of sp³-hybridized carbons (Fsp3) is 0.929. The van der Waals surface area contributed by atoms with Gasteiger partial charge in [0.15, 0.2) is 12.4 Å². The molecule has 3 atom stereocenters. The van der Waals surface area contributed by atoms with Crippen LogP contribution in [0.25, 0.3) is 0 Å². The van der Waals surface area contributed by atoms with Crippen LogP contribution in [-0.4, -0.2) is 18.0 Å². The lowest BCUT2D eigenvalue weighted by Crippen LogP contribution is -2.44. The maximum Gasteiger partial charge on any atom is 0.152 e. The standard InChI is InChI=1S/C14H26O3/c1-5-11(6-2)8-14(4)9-12(7-3)13(10-15)16-17-14/h10-13H,5-9H2,1-4H3/t12-,13-,14-/m1/s1. The highest BCUT2D eigenvalue weighted by molar-refractivity contribution is 5.56. The minimum Gasteiger partial charge on any atom is -0.300 e. The zero-order valence-corrected chi connectivity index (χ0v) is 11.6. The highest BCUT2D eigenvalue weighted by atomic mass is 17.2. The van der Waals surface area contributed by atoms with Crippen molar-refractivity contribution < 1.29 is 14.6 Å². The van der Waals surface area contributed by atoms with Gasteiger partial charge in [-0.25, -0.2) is 9.78 Å². The van der Waals surface area contributed by atoms with E-state index < -0.39 is 0 Å². The van der Waals surface area contributed by atoms with Gasteiger partial charge in [-0.3, -0.25) is 0 Å². The van der Waals surface area contributed by atoms with Crippen LogP contribution in [0, 0.1) is 11.8 Å². The number of aldehydes is 1. The molecule has 1 fully saturated rings. The van der Waals surface area contributed by atoms with Gasteiger partial charge in [-0.05, 0) is 31.6 Å². The number of hydrogen-bond donors (Lipinski definition) is 0. The number of hydrogen-bond acceptors (Lipinski definition) is 3. The van der Waals surface area contributed by atoms with E-state index in [0.29, 0.717) is 11.8 Å². The van der Waals surface area contributed by atoms with Crippen LogP contribution >= 0.6 is 0 Å². The molecule has 1 aliphatic heterocycles. The van der Waals surface area contributed by atoms with Gasteiger partial charge in [-0.15, -0.1) is 0 Å². The van der Waals surface area contributed by atoms with Crippen LogP contribution in [0.3, 0.4) is 0 Å². The van der Waals surface area contributed by atoms with E-state index in [1.165, 1.54) is 12.8 Å². The maximum absolute atomic E-state index is 10.9. The summed E-state index contributed by atoms with van der Waals surface area (Å²) < 4.78 is 0. The molecule has 3 nitrogen and oxygen atoms in total. The van der Waals surface area contributed by atoms with E-state index in [1.807, 2.05) is 0 Å². The summed E-state index contributed by atoms with van der Waals surface area (Å²) in [5.41, 5.74) is -0.225. The van der Waals surface area contributed by atoms with Gasteiger partial charge in [-0.2, -0.15) is 0 Å². The normalized spacial score (nSPS) is 33.9. The third-order valence-corrected chi connectivity index (χ3v) is 4.05. The molecular weight excluding hydrogens is 216 g/mol. The molecule has 0 radical (unpaired) electrons. The second kappa shape index (κ2) is 6.50. The number of carbonyl (C=O) groups is 1. The van der Waals surface area contributed by atoms with E-state index in [2.05, 4.69) is 27.7 Å². The fourth-order valence-corrected chi connectivity index (χ4v) is 2.77. The van der Waals surface area contributed by atoms with Gasteiger partial charge in [0.1, 0.15) is 5.60 Å². The van der Waals surface area contributed by atoms with E-state index >= 15 is 0 Å². The van der Waals surface area contributed by atoms with Crippen molar-refractivity contribution in [1.82, 2.24) is 0 Å². The lowest BCUT2D eigenvalue weighted by molar-refractivity contribution is -0.409. The highest BCUT2D eigenvalue weighted by Gasteiger charge is 2.40. The third-order valence-electron chi connectivity index (χ3n) is 4.05. The van der Waals surface area contributed by atoms with Crippen LogP contribution in [0.1, 0.15) is 59.8 Å². The molecule has 17 heavy (non-hydrogen) atoms. The van der Waals surface area contributed by atoms with E-state index in [9.17, 15) is 4.79 Å². The number of rotatable bonds is 6. The van der Waals surface area contributed by atoms with Crippen LogP contribution in [0.4, 0.5) is 0 Å². The van der Waals surface area contributed by atoms with Crippen molar-refractivity contribution in [3.63, 3.8) is 0 Å². The number of carbonyl (C=O) groups excluding carboxylic acids is 1. The summed E-state index contributed by atoms with van der Waals surface area (Å²) in [6.07, 6.45) is 5.73. The molecule has 0 aromatic carbocycles. The third kappa shape index (κ3) is 3.78. The Bertz CT molecular complexity index is 238. The SMILES string of the molecule is CCC(CC)C[C@]1(C)C[C@@H](CC)[C@@H](C=O)OO1. The molecule has 0 unspecified atom stereocenters. The van der Waals surface area contributed by atoms with Crippen LogP contribution in [-0.2, 0) is 14.6 Å². The van der Waals surface area contributed by atoms with Crippen molar-refractivity contribution in [2.75, 3.05) is 0 Å². The Hall–Kier alpha value is -0.410. The molecule has 0 spiro atoms. The molecule has 0 aromatic heterocycles. The lowest BCUT2D eigenvalue weighted by atomic mass is 9.79. The minimum atomic E-state index is -0.380. The van der Waals surface area contributed by atoms with Crippen LogP contribution < -0.4 is 0 Å². The minimum absolute atomic E-state index is 0.225. The Kier molecular flexibility index (Phi) is 5.60. The molecule has 100 valence electrons. The lowest BCUT2D eigenvalue weighted by Gasteiger charge is -2.40. The van der Waals surface area contributed by atoms with E-state index in [4.69, 9.17) is 9.78 Å². The first kappa shape index (κ1) is 14.7. The fourth-order valence-electron chi connectivity index (χ4n) is 2.77. The van der Waals surface area contributed by atoms with Crippen LogP contribution in [0.2, 0.25) is 0 Å². The molecule has 1 saturated heterocycles. The van der Waals surface area contributed by atoms with Gasteiger partial charge < -0.3 is 4.79 Å². The van der Waals surface area contributed by atoms with Crippen molar-refractivity contribution in [2.24, 2.45) is 11.8 Å².